The normalized spacial score (nSPS) is 26.9. The van der Waals surface area contributed by atoms with Crippen molar-refractivity contribution < 1.29 is 28.2 Å². The molecule has 0 spiro atoms. The number of likely N-dealkylation sites (tertiary alicyclic amines) is 2. The van der Waals surface area contributed by atoms with E-state index in [4.69, 9.17) is 10.5 Å². The number of nitrogens with zero attached hydrogens (tertiary/aromatic N) is 2. The third-order valence-electron chi connectivity index (χ3n) is 7.77. The summed E-state index contributed by atoms with van der Waals surface area (Å²) in [5.74, 6) is -1.42. The van der Waals surface area contributed by atoms with Crippen molar-refractivity contribution in [2.24, 2.45) is 17.6 Å². The van der Waals surface area contributed by atoms with E-state index in [1.165, 1.54) is 17.1 Å². The Bertz CT molecular complexity index is 1060. The van der Waals surface area contributed by atoms with Gasteiger partial charge >= 0.3 is 0 Å². The number of aliphatic hydroxyl groups excluding tert-OH is 1. The zero-order valence-electron chi connectivity index (χ0n) is 22.2. The lowest BCUT2D eigenvalue weighted by atomic mass is 9.76. The second-order valence-corrected chi connectivity index (χ2v) is 11.4. The number of piperidine rings is 1. The van der Waals surface area contributed by atoms with E-state index in [2.05, 4.69) is 4.90 Å². The number of primary amides is 1. The van der Waals surface area contributed by atoms with Crippen molar-refractivity contribution in [2.45, 2.75) is 56.9 Å². The Hall–Kier alpha value is -2.78. The topological polar surface area (TPSA) is 96.1 Å². The van der Waals surface area contributed by atoms with E-state index in [9.17, 15) is 19.1 Å². The van der Waals surface area contributed by atoms with Gasteiger partial charge in [0.05, 0.1) is 13.2 Å². The lowest BCUT2D eigenvalue weighted by molar-refractivity contribution is -0.142. The summed E-state index contributed by atoms with van der Waals surface area (Å²) >= 11 is 0. The number of hydrogen-bond acceptors (Lipinski definition) is 5. The van der Waals surface area contributed by atoms with Gasteiger partial charge in [0.15, 0.2) is 5.67 Å². The smallest absolute Gasteiger partial charge is 0.240 e. The monoisotopic (exact) mass is 531 g/mol. The molecule has 2 saturated heterocycles. The lowest BCUT2D eigenvalue weighted by Crippen LogP contribution is -2.52. The summed E-state index contributed by atoms with van der Waals surface area (Å²) in [6.07, 6.45) is 7.32. The van der Waals surface area contributed by atoms with Gasteiger partial charge in [-0.2, -0.15) is 0 Å². The first-order valence-corrected chi connectivity index (χ1v) is 13.4. The summed E-state index contributed by atoms with van der Waals surface area (Å²) in [4.78, 5) is 29.0. The number of hydrogen-bond donors (Lipinski definition) is 2. The van der Waals surface area contributed by atoms with Crippen LogP contribution in [0.1, 0.15) is 45.1 Å². The van der Waals surface area contributed by atoms with E-state index in [-0.39, 0.29) is 0 Å². The number of halogens is 2. The summed E-state index contributed by atoms with van der Waals surface area (Å²) in [6, 6.07) is 6.36. The largest absolute Gasteiger partial charge is 0.493 e. The van der Waals surface area contributed by atoms with Crippen molar-refractivity contribution in [1.82, 2.24) is 9.80 Å². The highest BCUT2D eigenvalue weighted by Gasteiger charge is 2.49. The molecule has 2 aliphatic heterocycles. The molecule has 2 fully saturated rings. The van der Waals surface area contributed by atoms with Crippen molar-refractivity contribution in [3.05, 3.63) is 48.1 Å². The van der Waals surface area contributed by atoms with Crippen molar-refractivity contribution >= 4 is 17.4 Å². The highest BCUT2D eigenvalue weighted by Crippen LogP contribution is 2.41. The van der Waals surface area contributed by atoms with Crippen molar-refractivity contribution in [1.29, 1.82) is 0 Å². The maximum absolute atomic E-state index is 15.9. The Labute approximate surface area is 223 Å². The maximum Gasteiger partial charge on any atom is 0.240 e. The second-order valence-electron chi connectivity index (χ2n) is 11.4. The minimum Gasteiger partial charge on any atom is -0.493 e. The molecule has 3 atom stereocenters. The third kappa shape index (κ3) is 6.43. The van der Waals surface area contributed by atoms with Gasteiger partial charge in [0.1, 0.15) is 23.4 Å². The number of rotatable bonds is 9. The zero-order chi connectivity index (χ0) is 27.5. The SMILES string of the molecule is CC(C)(F)CN1CCC(COc2ccc(C3=CC=CC(F)(CO)C3C(=O)N3CCCC3C(N)=O)cc2)CC1. The highest BCUT2D eigenvalue weighted by atomic mass is 19.1. The van der Waals surface area contributed by atoms with Crippen molar-refractivity contribution in [2.75, 3.05) is 39.4 Å². The number of benzene rings is 1. The number of aliphatic hydroxyl groups is 1. The molecule has 0 bridgehead atoms. The number of allylic oxidation sites excluding steroid dienone is 2. The molecular weight excluding hydrogens is 492 g/mol. The molecule has 3 aliphatic rings. The van der Waals surface area contributed by atoms with E-state index in [0.29, 0.717) is 55.3 Å². The van der Waals surface area contributed by atoms with Gasteiger partial charge in [-0.15, -0.1) is 0 Å². The van der Waals surface area contributed by atoms with Gasteiger partial charge < -0.3 is 25.4 Å². The zero-order valence-corrected chi connectivity index (χ0v) is 22.2. The Morgan fingerprint density at radius 3 is 2.45 bits per heavy atom. The van der Waals surface area contributed by atoms with Crippen LogP contribution in [0.25, 0.3) is 5.57 Å². The molecule has 1 aliphatic carbocycles. The third-order valence-corrected chi connectivity index (χ3v) is 7.77. The van der Waals surface area contributed by atoms with E-state index < -0.39 is 41.7 Å². The first-order valence-electron chi connectivity index (χ1n) is 13.4. The molecule has 4 rings (SSSR count). The molecule has 1 aromatic rings. The van der Waals surface area contributed by atoms with Crippen LogP contribution >= 0.6 is 0 Å². The number of alkyl halides is 2. The van der Waals surface area contributed by atoms with Crippen LogP contribution in [0.2, 0.25) is 0 Å². The summed E-state index contributed by atoms with van der Waals surface area (Å²) in [6.45, 7) is 5.35. The summed E-state index contributed by atoms with van der Waals surface area (Å²) < 4.78 is 35.8. The van der Waals surface area contributed by atoms with Crippen LogP contribution in [0.4, 0.5) is 8.78 Å². The van der Waals surface area contributed by atoms with Gasteiger partial charge in [0, 0.05) is 13.1 Å². The fourth-order valence-electron chi connectivity index (χ4n) is 5.80. The molecular formula is C29H39F2N3O4. The molecule has 0 radical (unpaired) electrons. The fraction of sp³-hybridized carbons (Fsp3) is 0.586. The molecule has 2 amide bonds. The first kappa shape index (κ1) is 28.2. The van der Waals surface area contributed by atoms with Crippen molar-refractivity contribution in [3.63, 3.8) is 0 Å². The quantitative estimate of drug-likeness (QED) is 0.510. The molecule has 2 heterocycles. The van der Waals surface area contributed by atoms with Crippen LogP contribution < -0.4 is 10.5 Å². The Morgan fingerprint density at radius 2 is 1.84 bits per heavy atom. The van der Waals surface area contributed by atoms with Gasteiger partial charge in [0.2, 0.25) is 11.8 Å². The molecule has 3 unspecified atom stereocenters. The van der Waals surface area contributed by atoms with Gasteiger partial charge in [-0.25, -0.2) is 8.78 Å². The molecule has 38 heavy (non-hydrogen) atoms. The molecule has 7 nitrogen and oxygen atoms in total. The van der Waals surface area contributed by atoms with Crippen LogP contribution in [-0.4, -0.2) is 83.5 Å². The second kappa shape index (κ2) is 11.5. The molecule has 0 aromatic heterocycles. The number of nitrogens with two attached hydrogens (primary N) is 1. The van der Waals surface area contributed by atoms with Crippen LogP contribution in [-0.2, 0) is 9.59 Å². The van der Waals surface area contributed by atoms with E-state index in [1.807, 2.05) is 0 Å². The van der Waals surface area contributed by atoms with Crippen LogP contribution in [0.3, 0.4) is 0 Å². The summed E-state index contributed by atoms with van der Waals surface area (Å²) in [5, 5.41) is 9.90. The summed E-state index contributed by atoms with van der Waals surface area (Å²) in [5.41, 5.74) is 3.06. The van der Waals surface area contributed by atoms with E-state index in [0.717, 1.165) is 25.9 Å². The Morgan fingerprint density at radius 1 is 1.16 bits per heavy atom. The van der Waals surface area contributed by atoms with E-state index in [1.54, 1.807) is 44.2 Å². The molecule has 3 N–H and O–H groups in total. The number of carbonyl (C=O) groups excluding carboxylic acids is 2. The summed E-state index contributed by atoms with van der Waals surface area (Å²) in [7, 11) is 0. The van der Waals surface area contributed by atoms with Gasteiger partial charge in [-0.1, -0.05) is 24.3 Å². The van der Waals surface area contributed by atoms with Gasteiger partial charge in [0.25, 0.3) is 0 Å². The van der Waals surface area contributed by atoms with Crippen molar-refractivity contribution in [3.8, 4) is 5.75 Å². The minimum absolute atomic E-state index is 0.318. The standard InChI is InChI=1S/C29H39F2N3O4/c1-28(2,30)18-33-15-11-20(12-16-33)17-38-22-9-7-21(8-10-22)23-5-3-13-29(31,19-35)25(23)27(37)34-14-4-6-24(34)26(32)36/h3,5,7-10,13,20,24-25,35H,4,6,11-12,14-19H2,1-2H3,(H2,32,36). The fourth-order valence-corrected chi connectivity index (χ4v) is 5.80. The average Bonchev–Trinajstić information content (AvgIpc) is 3.38. The molecule has 9 heteroatoms. The average molecular weight is 532 g/mol. The number of ether oxygens (including phenoxy) is 1. The van der Waals surface area contributed by atoms with Crippen LogP contribution in [0.15, 0.2) is 42.5 Å². The predicted octanol–water partition coefficient (Wildman–Crippen LogP) is 3.27. The predicted molar refractivity (Wildman–Crippen MR) is 142 cm³/mol. The molecule has 1 aromatic carbocycles. The van der Waals surface area contributed by atoms with Gasteiger partial charge in [-0.05, 0) is 87.9 Å². The Balaban J connectivity index is 1.42. The van der Waals surface area contributed by atoms with Crippen LogP contribution in [0.5, 0.6) is 5.75 Å². The maximum atomic E-state index is 15.9. The minimum atomic E-state index is -2.30. The number of carbonyl (C=O) groups is 2. The number of amides is 2. The lowest BCUT2D eigenvalue weighted by Gasteiger charge is -2.37. The van der Waals surface area contributed by atoms with E-state index >= 15 is 4.39 Å². The Kier molecular flexibility index (Phi) is 8.57. The molecule has 208 valence electrons. The highest BCUT2D eigenvalue weighted by molar-refractivity contribution is 5.97. The first-order chi connectivity index (χ1) is 18.0. The van der Waals surface area contributed by atoms with Gasteiger partial charge in [-0.3, -0.25) is 9.59 Å². The molecule has 0 saturated carbocycles. The van der Waals surface area contributed by atoms with Crippen LogP contribution in [0, 0.1) is 11.8 Å².